The van der Waals surface area contributed by atoms with E-state index >= 15 is 0 Å². The van der Waals surface area contributed by atoms with Gasteiger partial charge in [-0.2, -0.15) is 0 Å². The average Bonchev–Trinajstić information content (AvgIpc) is 2.88. The van der Waals surface area contributed by atoms with E-state index in [1.54, 1.807) is 18.2 Å². The van der Waals surface area contributed by atoms with Crippen molar-refractivity contribution < 1.29 is 9.90 Å². The topological polar surface area (TPSA) is 67.2 Å². The first-order valence-electron chi connectivity index (χ1n) is 7.27. The van der Waals surface area contributed by atoms with Crippen LogP contribution in [0, 0.1) is 13.8 Å². The van der Waals surface area contributed by atoms with Crippen LogP contribution in [0.5, 0.6) is 5.75 Å². The third kappa shape index (κ3) is 2.94. The van der Waals surface area contributed by atoms with Gasteiger partial charge in [0.25, 0.3) is 5.91 Å². The zero-order valence-corrected chi connectivity index (χ0v) is 12.9. The molecule has 5 nitrogen and oxygen atoms in total. The molecule has 0 fully saturated rings. The van der Waals surface area contributed by atoms with Crippen LogP contribution < -0.4 is 5.32 Å². The van der Waals surface area contributed by atoms with Crippen LogP contribution in [-0.4, -0.2) is 20.6 Å². The fourth-order valence-corrected chi connectivity index (χ4v) is 2.51. The minimum Gasteiger partial charge on any atom is -0.504 e. The van der Waals surface area contributed by atoms with Crippen molar-refractivity contribution in [1.82, 2.24) is 9.55 Å². The lowest BCUT2D eigenvalue weighted by Gasteiger charge is -2.10. The molecule has 5 heteroatoms. The lowest BCUT2D eigenvalue weighted by Crippen LogP contribution is -2.13. The highest BCUT2D eigenvalue weighted by molar-refractivity contribution is 6.04. The Morgan fingerprint density at radius 1 is 1.04 bits per heavy atom. The second kappa shape index (κ2) is 5.96. The van der Waals surface area contributed by atoms with E-state index in [0.29, 0.717) is 5.56 Å². The van der Waals surface area contributed by atoms with E-state index in [0.717, 1.165) is 17.1 Å². The molecule has 0 aliphatic rings. The molecule has 0 saturated carbocycles. The second-order valence-corrected chi connectivity index (χ2v) is 5.32. The van der Waals surface area contributed by atoms with Crippen molar-refractivity contribution in [2.24, 2.45) is 0 Å². The SMILES string of the molecule is Cc1ccc(C)n1-c1ccc(C(=O)Nc2ncccc2O)cc1. The molecule has 0 saturated heterocycles. The molecule has 3 aromatic rings. The minimum atomic E-state index is -0.313. The van der Waals surface area contributed by atoms with Crippen molar-refractivity contribution in [3.63, 3.8) is 0 Å². The summed E-state index contributed by atoms with van der Waals surface area (Å²) in [4.78, 5) is 16.2. The predicted octanol–water partition coefficient (Wildman–Crippen LogP) is 3.45. The fourth-order valence-electron chi connectivity index (χ4n) is 2.51. The number of carbonyl (C=O) groups excluding carboxylic acids is 1. The van der Waals surface area contributed by atoms with Gasteiger partial charge in [0, 0.05) is 28.8 Å². The maximum atomic E-state index is 12.2. The van der Waals surface area contributed by atoms with Crippen molar-refractivity contribution in [1.29, 1.82) is 0 Å². The highest BCUT2D eigenvalue weighted by atomic mass is 16.3. The van der Waals surface area contributed by atoms with Gasteiger partial charge < -0.3 is 15.0 Å². The van der Waals surface area contributed by atoms with Crippen LogP contribution >= 0.6 is 0 Å². The number of nitrogens with zero attached hydrogens (tertiary/aromatic N) is 2. The Morgan fingerprint density at radius 3 is 2.30 bits per heavy atom. The third-order valence-corrected chi connectivity index (χ3v) is 3.68. The number of aromatic hydroxyl groups is 1. The van der Waals surface area contributed by atoms with Crippen molar-refractivity contribution in [2.45, 2.75) is 13.8 Å². The molecule has 1 aromatic carbocycles. The molecule has 2 aromatic heterocycles. The summed E-state index contributed by atoms with van der Waals surface area (Å²) in [5, 5.41) is 12.3. The monoisotopic (exact) mass is 307 g/mol. The molecule has 0 atom stereocenters. The van der Waals surface area contributed by atoms with Crippen molar-refractivity contribution >= 4 is 11.7 Å². The Kier molecular flexibility index (Phi) is 3.85. The highest BCUT2D eigenvalue weighted by Gasteiger charge is 2.10. The minimum absolute atomic E-state index is 0.0592. The van der Waals surface area contributed by atoms with E-state index in [2.05, 4.69) is 27.0 Å². The second-order valence-electron chi connectivity index (χ2n) is 5.32. The molecule has 2 heterocycles. The normalized spacial score (nSPS) is 10.5. The highest BCUT2D eigenvalue weighted by Crippen LogP contribution is 2.20. The zero-order valence-electron chi connectivity index (χ0n) is 12.9. The molecule has 23 heavy (non-hydrogen) atoms. The maximum absolute atomic E-state index is 12.2. The standard InChI is InChI=1S/C18H17N3O2/c1-12-5-6-13(2)21(12)15-9-7-14(8-10-15)18(23)20-17-16(22)4-3-11-19-17/h3-11,22H,1-2H3,(H,19,20,23). The molecule has 1 amide bonds. The molecule has 3 rings (SSSR count). The summed E-state index contributed by atoms with van der Waals surface area (Å²) in [5.74, 6) is -0.221. The predicted molar refractivity (Wildman–Crippen MR) is 89.1 cm³/mol. The van der Waals surface area contributed by atoms with Crippen LogP contribution in [0.3, 0.4) is 0 Å². The smallest absolute Gasteiger partial charge is 0.256 e. The van der Waals surface area contributed by atoms with Gasteiger partial charge in [-0.3, -0.25) is 4.79 Å². The van der Waals surface area contributed by atoms with Gasteiger partial charge >= 0.3 is 0 Å². The van der Waals surface area contributed by atoms with E-state index < -0.39 is 0 Å². The lowest BCUT2D eigenvalue weighted by atomic mass is 10.2. The van der Waals surface area contributed by atoms with E-state index in [9.17, 15) is 9.90 Å². The summed E-state index contributed by atoms with van der Waals surface area (Å²) in [6.45, 7) is 4.08. The number of pyridine rings is 1. The van der Waals surface area contributed by atoms with E-state index in [-0.39, 0.29) is 17.5 Å². The van der Waals surface area contributed by atoms with Gasteiger partial charge in [-0.15, -0.1) is 0 Å². The largest absolute Gasteiger partial charge is 0.504 e. The fraction of sp³-hybridized carbons (Fsp3) is 0.111. The molecule has 116 valence electrons. The molecule has 0 unspecified atom stereocenters. The molecule has 0 spiro atoms. The molecule has 0 bridgehead atoms. The lowest BCUT2D eigenvalue weighted by molar-refractivity contribution is 0.102. The van der Waals surface area contributed by atoms with Gasteiger partial charge in [0.15, 0.2) is 11.6 Å². The number of carbonyl (C=O) groups is 1. The zero-order chi connectivity index (χ0) is 16.4. The average molecular weight is 307 g/mol. The molecule has 0 aliphatic heterocycles. The van der Waals surface area contributed by atoms with E-state index in [1.165, 1.54) is 12.3 Å². The number of anilines is 1. The first kappa shape index (κ1) is 14.8. The number of hydrogen-bond acceptors (Lipinski definition) is 3. The molecule has 0 radical (unpaired) electrons. The number of aryl methyl sites for hydroxylation is 2. The number of benzene rings is 1. The number of aromatic nitrogens is 2. The molecular formula is C18H17N3O2. The quantitative estimate of drug-likeness (QED) is 0.779. The van der Waals surface area contributed by atoms with Crippen LogP contribution in [0.1, 0.15) is 21.7 Å². The van der Waals surface area contributed by atoms with Gasteiger partial charge in [0.2, 0.25) is 0 Å². The number of nitrogens with one attached hydrogen (secondary N) is 1. The number of hydrogen-bond donors (Lipinski definition) is 2. The summed E-state index contributed by atoms with van der Waals surface area (Å²) in [5.41, 5.74) is 3.78. The summed E-state index contributed by atoms with van der Waals surface area (Å²) in [6.07, 6.45) is 1.51. The van der Waals surface area contributed by atoms with Gasteiger partial charge in [0.05, 0.1) is 0 Å². The van der Waals surface area contributed by atoms with Crippen molar-refractivity contribution in [2.75, 3.05) is 5.32 Å². The third-order valence-electron chi connectivity index (χ3n) is 3.68. The van der Waals surface area contributed by atoms with Gasteiger partial charge in [-0.05, 0) is 62.4 Å². The summed E-state index contributed by atoms with van der Waals surface area (Å²) >= 11 is 0. The first-order chi connectivity index (χ1) is 11.1. The molecule has 2 N–H and O–H groups in total. The summed E-state index contributed by atoms with van der Waals surface area (Å²) in [7, 11) is 0. The number of amides is 1. The Balaban J connectivity index is 1.82. The Labute approximate surface area is 134 Å². The summed E-state index contributed by atoms with van der Waals surface area (Å²) in [6, 6.07) is 14.5. The Bertz CT molecular complexity index is 831. The first-order valence-corrected chi connectivity index (χ1v) is 7.27. The van der Waals surface area contributed by atoms with Crippen molar-refractivity contribution in [3.05, 3.63) is 71.7 Å². The summed E-state index contributed by atoms with van der Waals surface area (Å²) < 4.78 is 2.12. The van der Waals surface area contributed by atoms with E-state index in [1.807, 2.05) is 26.0 Å². The molecular weight excluding hydrogens is 290 g/mol. The van der Waals surface area contributed by atoms with Crippen LogP contribution in [0.4, 0.5) is 5.82 Å². The Morgan fingerprint density at radius 2 is 1.70 bits per heavy atom. The molecule has 0 aliphatic carbocycles. The van der Waals surface area contributed by atoms with Gasteiger partial charge in [-0.1, -0.05) is 0 Å². The van der Waals surface area contributed by atoms with Crippen LogP contribution in [-0.2, 0) is 0 Å². The van der Waals surface area contributed by atoms with Gasteiger partial charge in [0.1, 0.15) is 0 Å². The van der Waals surface area contributed by atoms with Crippen LogP contribution in [0.15, 0.2) is 54.7 Å². The number of rotatable bonds is 3. The van der Waals surface area contributed by atoms with Crippen LogP contribution in [0.25, 0.3) is 5.69 Å². The maximum Gasteiger partial charge on any atom is 0.256 e. The van der Waals surface area contributed by atoms with E-state index in [4.69, 9.17) is 0 Å². The Hall–Kier alpha value is -3.08. The van der Waals surface area contributed by atoms with Crippen molar-refractivity contribution in [3.8, 4) is 11.4 Å². The van der Waals surface area contributed by atoms with Gasteiger partial charge in [-0.25, -0.2) is 4.98 Å². The van der Waals surface area contributed by atoms with Crippen LogP contribution in [0.2, 0.25) is 0 Å².